The van der Waals surface area contributed by atoms with Crippen molar-refractivity contribution in [3.05, 3.63) is 65.2 Å². The molecule has 0 aliphatic heterocycles. The quantitative estimate of drug-likeness (QED) is 0.694. The van der Waals surface area contributed by atoms with Gasteiger partial charge in [0.05, 0.1) is 5.56 Å². The molecule has 0 bridgehead atoms. The van der Waals surface area contributed by atoms with Crippen molar-refractivity contribution < 1.29 is 14.6 Å². The van der Waals surface area contributed by atoms with E-state index >= 15 is 0 Å². The van der Waals surface area contributed by atoms with E-state index in [9.17, 15) is 9.90 Å². The molecular weight excluding hydrogens is 300 g/mol. The van der Waals surface area contributed by atoms with Gasteiger partial charge in [-0.1, -0.05) is 56.7 Å². The molecule has 3 heteroatoms. The lowest BCUT2D eigenvalue weighted by atomic mass is 9.99. The predicted octanol–water partition coefficient (Wildman–Crippen LogP) is 4.41. The Balaban J connectivity index is 2.35. The van der Waals surface area contributed by atoms with Gasteiger partial charge in [0, 0.05) is 18.6 Å². The Morgan fingerprint density at radius 3 is 2.46 bits per heavy atom. The van der Waals surface area contributed by atoms with E-state index in [1.807, 2.05) is 48.5 Å². The van der Waals surface area contributed by atoms with Gasteiger partial charge < -0.3 is 9.84 Å². The van der Waals surface area contributed by atoms with Crippen LogP contribution in [0.25, 0.3) is 0 Å². The van der Waals surface area contributed by atoms with E-state index in [4.69, 9.17) is 4.74 Å². The van der Waals surface area contributed by atoms with Crippen LogP contribution in [-0.4, -0.2) is 23.6 Å². The zero-order chi connectivity index (χ0) is 17.4. The highest BCUT2D eigenvalue weighted by atomic mass is 16.5. The molecule has 0 aromatic heterocycles. The fourth-order valence-corrected chi connectivity index (χ4v) is 2.73. The summed E-state index contributed by atoms with van der Waals surface area (Å²) in [5.74, 6) is 0.577. The molecule has 24 heavy (non-hydrogen) atoms. The lowest BCUT2D eigenvalue weighted by Crippen LogP contribution is -2.19. The molecule has 0 heterocycles. The maximum atomic E-state index is 12.9. The second kappa shape index (κ2) is 9.24. The first-order valence-corrected chi connectivity index (χ1v) is 8.69. The average molecular weight is 326 g/mol. The Hall–Kier alpha value is -2.13. The number of carbonyl (C=O) groups is 1. The molecule has 0 spiro atoms. The topological polar surface area (TPSA) is 46.5 Å². The van der Waals surface area contributed by atoms with Crippen LogP contribution in [0.15, 0.2) is 48.5 Å². The maximum absolute atomic E-state index is 12.9. The minimum Gasteiger partial charge on any atom is -0.490 e. The van der Waals surface area contributed by atoms with E-state index < -0.39 is 0 Å². The standard InChI is InChI=1S/C21H26O3/c1-3-8-18(13-14-22)24-20-12-11-16(4-2)15-19(20)21(23)17-9-6-5-7-10-17/h5-7,9-12,15,18,22H,3-4,8,13-14H2,1-2H3. The van der Waals surface area contributed by atoms with E-state index in [2.05, 4.69) is 13.8 Å². The van der Waals surface area contributed by atoms with Gasteiger partial charge in [0.2, 0.25) is 0 Å². The van der Waals surface area contributed by atoms with Gasteiger partial charge in [-0.15, -0.1) is 0 Å². The number of aryl methyl sites for hydroxylation is 1. The summed E-state index contributed by atoms with van der Waals surface area (Å²) < 4.78 is 6.09. The van der Waals surface area contributed by atoms with Crippen molar-refractivity contribution >= 4 is 5.78 Å². The minimum absolute atomic E-state index is 0.0276. The number of benzene rings is 2. The Morgan fingerprint density at radius 2 is 1.83 bits per heavy atom. The maximum Gasteiger partial charge on any atom is 0.196 e. The summed E-state index contributed by atoms with van der Waals surface area (Å²) in [7, 11) is 0. The highest BCUT2D eigenvalue weighted by molar-refractivity contribution is 6.10. The summed E-state index contributed by atoms with van der Waals surface area (Å²) >= 11 is 0. The first-order chi connectivity index (χ1) is 11.7. The Kier molecular flexibility index (Phi) is 7.01. The third-order valence-electron chi connectivity index (χ3n) is 4.09. The molecule has 0 amide bonds. The molecule has 1 unspecified atom stereocenters. The first-order valence-electron chi connectivity index (χ1n) is 8.69. The number of rotatable bonds is 9. The number of ether oxygens (including phenoxy) is 1. The molecule has 3 nitrogen and oxygen atoms in total. The molecule has 1 N–H and O–H groups in total. The highest BCUT2D eigenvalue weighted by Gasteiger charge is 2.18. The van der Waals surface area contributed by atoms with Crippen LogP contribution >= 0.6 is 0 Å². The van der Waals surface area contributed by atoms with Crippen LogP contribution in [-0.2, 0) is 6.42 Å². The van der Waals surface area contributed by atoms with Crippen LogP contribution in [0.2, 0.25) is 0 Å². The predicted molar refractivity (Wildman–Crippen MR) is 96.7 cm³/mol. The van der Waals surface area contributed by atoms with Crippen LogP contribution in [0.5, 0.6) is 5.75 Å². The molecule has 2 aromatic carbocycles. The van der Waals surface area contributed by atoms with Crippen LogP contribution in [0.4, 0.5) is 0 Å². The van der Waals surface area contributed by atoms with Crippen molar-refractivity contribution in [2.45, 2.75) is 45.6 Å². The number of hydrogen-bond donors (Lipinski definition) is 1. The molecule has 0 saturated heterocycles. The van der Waals surface area contributed by atoms with Crippen LogP contribution < -0.4 is 4.74 Å². The second-order valence-electron chi connectivity index (χ2n) is 5.92. The van der Waals surface area contributed by atoms with Crippen molar-refractivity contribution in [3.8, 4) is 5.75 Å². The Morgan fingerprint density at radius 1 is 1.08 bits per heavy atom. The minimum atomic E-state index is -0.0743. The van der Waals surface area contributed by atoms with E-state index in [0.29, 0.717) is 23.3 Å². The summed E-state index contributed by atoms with van der Waals surface area (Å²) in [5.41, 5.74) is 2.36. The zero-order valence-electron chi connectivity index (χ0n) is 14.5. The van der Waals surface area contributed by atoms with Gasteiger partial charge in [-0.2, -0.15) is 0 Å². The molecule has 2 aromatic rings. The normalized spacial score (nSPS) is 12.0. The molecule has 0 radical (unpaired) electrons. The number of aliphatic hydroxyl groups excluding tert-OH is 1. The monoisotopic (exact) mass is 326 g/mol. The molecule has 0 fully saturated rings. The van der Waals surface area contributed by atoms with E-state index in [0.717, 1.165) is 24.8 Å². The van der Waals surface area contributed by atoms with Crippen molar-refractivity contribution in [1.82, 2.24) is 0 Å². The Bertz CT molecular complexity index is 643. The van der Waals surface area contributed by atoms with Gasteiger partial charge in [0.1, 0.15) is 11.9 Å². The Labute approximate surface area is 144 Å². The number of carbonyl (C=O) groups excluding carboxylic acids is 1. The van der Waals surface area contributed by atoms with Gasteiger partial charge in [-0.25, -0.2) is 0 Å². The fraction of sp³-hybridized carbons (Fsp3) is 0.381. The molecule has 128 valence electrons. The van der Waals surface area contributed by atoms with Crippen LogP contribution in [0.1, 0.15) is 54.6 Å². The lowest BCUT2D eigenvalue weighted by molar-refractivity contribution is 0.102. The van der Waals surface area contributed by atoms with E-state index in [1.54, 1.807) is 0 Å². The third kappa shape index (κ3) is 4.68. The van der Waals surface area contributed by atoms with E-state index in [-0.39, 0.29) is 18.5 Å². The molecule has 1 atom stereocenters. The van der Waals surface area contributed by atoms with Crippen molar-refractivity contribution in [2.75, 3.05) is 6.61 Å². The zero-order valence-corrected chi connectivity index (χ0v) is 14.5. The third-order valence-corrected chi connectivity index (χ3v) is 4.09. The summed E-state index contributed by atoms with van der Waals surface area (Å²) in [5, 5.41) is 9.23. The molecule has 2 rings (SSSR count). The summed E-state index contributed by atoms with van der Waals surface area (Å²) in [6.07, 6.45) is 3.19. The summed E-state index contributed by atoms with van der Waals surface area (Å²) in [6.45, 7) is 4.24. The first kappa shape index (κ1) is 18.2. The van der Waals surface area contributed by atoms with Gasteiger partial charge in [0.25, 0.3) is 0 Å². The summed E-state index contributed by atoms with van der Waals surface area (Å²) in [4.78, 5) is 12.9. The van der Waals surface area contributed by atoms with Crippen LogP contribution in [0.3, 0.4) is 0 Å². The van der Waals surface area contributed by atoms with Crippen molar-refractivity contribution in [2.24, 2.45) is 0 Å². The van der Waals surface area contributed by atoms with Gasteiger partial charge in [0.15, 0.2) is 5.78 Å². The molecule has 0 aliphatic rings. The molecular formula is C21H26O3. The van der Waals surface area contributed by atoms with Crippen LogP contribution in [0, 0.1) is 0 Å². The van der Waals surface area contributed by atoms with E-state index in [1.165, 1.54) is 0 Å². The van der Waals surface area contributed by atoms with Crippen molar-refractivity contribution in [3.63, 3.8) is 0 Å². The SMILES string of the molecule is CCCC(CCO)Oc1ccc(CC)cc1C(=O)c1ccccc1. The lowest BCUT2D eigenvalue weighted by Gasteiger charge is -2.20. The summed E-state index contributed by atoms with van der Waals surface area (Å²) in [6, 6.07) is 15.1. The molecule has 0 aliphatic carbocycles. The molecule has 0 saturated carbocycles. The average Bonchev–Trinajstić information content (AvgIpc) is 2.62. The fourth-order valence-electron chi connectivity index (χ4n) is 2.73. The number of hydrogen-bond acceptors (Lipinski definition) is 3. The smallest absolute Gasteiger partial charge is 0.196 e. The van der Waals surface area contributed by atoms with Gasteiger partial charge in [-0.05, 0) is 30.5 Å². The van der Waals surface area contributed by atoms with Crippen molar-refractivity contribution in [1.29, 1.82) is 0 Å². The van der Waals surface area contributed by atoms with Gasteiger partial charge in [-0.3, -0.25) is 4.79 Å². The second-order valence-corrected chi connectivity index (χ2v) is 5.92. The highest BCUT2D eigenvalue weighted by Crippen LogP contribution is 2.26. The van der Waals surface area contributed by atoms with Gasteiger partial charge >= 0.3 is 0 Å². The largest absolute Gasteiger partial charge is 0.490 e. The number of ketones is 1. The number of aliphatic hydroxyl groups is 1.